The highest BCUT2D eigenvalue weighted by Gasteiger charge is 2.12. The molecule has 1 aromatic carbocycles. The topological polar surface area (TPSA) is 63.6 Å². The summed E-state index contributed by atoms with van der Waals surface area (Å²) in [4.78, 5) is 26.1. The number of aromatic nitrogens is 1. The lowest BCUT2D eigenvalue weighted by Gasteiger charge is -2.28. The molecule has 132 valence electrons. The Morgan fingerprint density at radius 1 is 1.08 bits per heavy atom. The summed E-state index contributed by atoms with van der Waals surface area (Å²) in [7, 11) is 0. The Bertz CT molecular complexity index is 779. The van der Waals surface area contributed by atoms with Gasteiger partial charge in [0.1, 0.15) is 6.54 Å². The van der Waals surface area contributed by atoms with Crippen LogP contribution in [-0.2, 0) is 16.1 Å². The van der Waals surface area contributed by atoms with E-state index in [-0.39, 0.29) is 17.9 Å². The van der Waals surface area contributed by atoms with Crippen LogP contribution in [0, 0.1) is 13.8 Å². The van der Waals surface area contributed by atoms with Crippen LogP contribution in [0.15, 0.2) is 41.2 Å². The van der Waals surface area contributed by atoms with E-state index in [0.717, 1.165) is 49.1 Å². The summed E-state index contributed by atoms with van der Waals surface area (Å²) in [5.41, 5.74) is 3.42. The van der Waals surface area contributed by atoms with Crippen molar-refractivity contribution in [2.24, 2.45) is 0 Å². The molecular weight excluding hydrogens is 318 g/mol. The van der Waals surface area contributed by atoms with Gasteiger partial charge in [-0.25, -0.2) is 0 Å². The second-order valence-electron chi connectivity index (χ2n) is 6.25. The van der Waals surface area contributed by atoms with Gasteiger partial charge >= 0.3 is 0 Å². The average molecular weight is 341 g/mol. The predicted molar refractivity (Wildman–Crippen MR) is 98.3 cm³/mol. The van der Waals surface area contributed by atoms with Crippen LogP contribution in [0.1, 0.15) is 11.4 Å². The zero-order chi connectivity index (χ0) is 17.8. The summed E-state index contributed by atoms with van der Waals surface area (Å²) in [6.07, 6.45) is 0. The summed E-state index contributed by atoms with van der Waals surface area (Å²) in [5.74, 6) is -0.117. The van der Waals surface area contributed by atoms with Crippen molar-refractivity contribution in [2.45, 2.75) is 20.4 Å². The normalized spacial score (nSPS) is 14.4. The molecule has 1 N–H and O–H groups in total. The number of morpholine rings is 1. The first kappa shape index (κ1) is 17.2. The Hall–Kier alpha value is -2.60. The lowest BCUT2D eigenvalue weighted by molar-refractivity contribution is -0.116. The van der Waals surface area contributed by atoms with Crippen molar-refractivity contribution in [3.63, 3.8) is 0 Å². The number of benzene rings is 1. The van der Waals surface area contributed by atoms with Crippen LogP contribution in [0.25, 0.3) is 0 Å². The first-order chi connectivity index (χ1) is 12.0. The molecule has 1 fully saturated rings. The molecule has 1 saturated heterocycles. The maximum absolute atomic E-state index is 12.3. The van der Waals surface area contributed by atoms with Crippen molar-refractivity contribution in [3.8, 4) is 0 Å². The van der Waals surface area contributed by atoms with Gasteiger partial charge < -0.3 is 19.5 Å². The number of hydrogen-bond acceptors (Lipinski definition) is 4. The zero-order valence-corrected chi connectivity index (χ0v) is 14.6. The van der Waals surface area contributed by atoms with Gasteiger partial charge in [-0.15, -0.1) is 0 Å². The Labute approximate surface area is 147 Å². The molecule has 0 radical (unpaired) electrons. The maximum Gasteiger partial charge on any atom is 0.244 e. The third kappa shape index (κ3) is 4.28. The number of nitrogens with one attached hydrogen (secondary N) is 1. The molecule has 2 heterocycles. The third-order valence-corrected chi connectivity index (χ3v) is 4.38. The standard InChI is InChI=1S/C19H23N3O3/c1-14-11-18(23)12-15(2)22(14)13-19(24)20-16-3-5-17(6-4-16)21-7-9-25-10-8-21/h3-6,11-12H,7-10,13H2,1-2H3,(H,20,24). The Morgan fingerprint density at radius 3 is 2.28 bits per heavy atom. The maximum atomic E-state index is 12.3. The summed E-state index contributed by atoms with van der Waals surface area (Å²) in [6, 6.07) is 10.9. The molecule has 0 spiro atoms. The number of ether oxygens (including phenoxy) is 1. The molecule has 2 aromatic rings. The SMILES string of the molecule is Cc1cc(=O)cc(C)n1CC(=O)Nc1ccc(N2CCOCC2)cc1. The zero-order valence-electron chi connectivity index (χ0n) is 14.6. The number of pyridine rings is 1. The summed E-state index contributed by atoms with van der Waals surface area (Å²) in [5, 5.41) is 2.91. The fourth-order valence-electron chi connectivity index (χ4n) is 3.06. The van der Waals surface area contributed by atoms with Crippen molar-refractivity contribution in [1.29, 1.82) is 0 Å². The summed E-state index contributed by atoms with van der Waals surface area (Å²) in [6.45, 7) is 7.11. The molecule has 0 bridgehead atoms. The highest BCUT2D eigenvalue weighted by molar-refractivity contribution is 5.90. The number of aryl methyl sites for hydroxylation is 2. The highest BCUT2D eigenvalue weighted by Crippen LogP contribution is 2.19. The number of nitrogens with zero attached hydrogens (tertiary/aromatic N) is 2. The van der Waals surface area contributed by atoms with Gasteiger partial charge in [-0.05, 0) is 38.1 Å². The van der Waals surface area contributed by atoms with E-state index >= 15 is 0 Å². The van der Waals surface area contributed by atoms with Crippen LogP contribution < -0.4 is 15.6 Å². The lowest BCUT2D eigenvalue weighted by Crippen LogP contribution is -2.36. The van der Waals surface area contributed by atoms with Gasteiger partial charge in [0.25, 0.3) is 0 Å². The summed E-state index contributed by atoms with van der Waals surface area (Å²) >= 11 is 0. The minimum atomic E-state index is -0.117. The number of carbonyl (C=O) groups is 1. The molecule has 0 aliphatic carbocycles. The Morgan fingerprint density at radius 2 is 1.68 bits per heavy atom. The quantitative estimate of drug-likeness (QED) is 0.923. The molecule has 6 nitrogen and oxygen atoms in total. The first-order valence-corrected chi connectivity index (χ1v) is 8.43. The predicted octanol–water partition coefficient (Wildman–Crippen LogP) is 1.94. The van der Waals surface area contributed by atoms with Gasteiger partial charge in [-0.2, -0.15) is 0 Å². The fourth-order valence-corrected chi connectivity index (χ4v) is 3.06. The van der Waals surface area contributed by atoms with E-state index in [0.29, 0.717) is 0 Å². The number of anilines is 2. The lowest BCUT2D eigenvalue weighted by atomic mass is 10.2. The number of amides is 1. The van der Waals surface area contributed by atoms with Gasteiger partial charge in [0.05, 0.1) is 13.2 Å². The average Bonchev–Trinajstić information content (AvgIpc) is 2.59. The van der Waals surface area contributed by atoms with Gasteiger partial charge in [0.15, 0.2) is 5.43 Å². The van der Waals surface area contributed by atoms with E-state index in [2.05, 4.69) is 10.2 Å². The van der Waals surface area contributed by atoms with Crippen molar-refractivity contribution < 1.29 is 9.53 Å². The molecule has 0 unspecified atom stereocenters. The molecule has 3 rings (SSSR count). The second-order valence-corrected chi connectivity index (χ2v) is 6.25. The smallest absolute Gasteiger partial charge is 0.244 e. The molecule has 25 heavy (non-hydrogen) atoms. The van der Waals surface area contributed by atoms with Gasteiger partial charge in [0, 0.05) is 48.0 Å². The Kier molecular flexibility index (Phi) is 5.19. The van der Waals surface area contributed by atoms with Gasteiger partial charge in [-0.1, -0.05) is 0 Å². The van der Waals surface area contributed by atoms with E-state index in [1.54, 1.807) is 0 Å². The molecule has 1 aliphatic rings. The molecule has 0 saturated carbocycles. The van der Waals surface area contributed by atoms with Crippen molar-refractivity contribution in [2.75, 3.05) is 36.5 Å². The molecule has 1 aromatic heterocycles. The fraction of sp³-hybridized carbons (Fsp3) is 0.368. The van der Waals surface area contributed by atoms with Crippen molar-refractivity contribution in [3.05, 3.63) is 58.0 Å². The van der Waals surface area contributed by atoms with E-state index in [1.165, 1.54) is 12.1 Å². The van der Waals surface area contributed by atoms with E-state index in [4.69, 9.17) is 4.74 Å². The Balaban J connectivity index is 1.64. The van der Waals surface area contributed by atoms with E-state index in [9.17, 15) is 9.59 Å². The van der Waals surface area contributed by atoms with Crippen LogP contribution in [0.2, 0.25) is 0 Å². The number of hydrogen-bond donors (Lipinski definition) is 1. The minimum Gasteiger partial charge on any atom is -0.378 e. The first-order valence-electron chi connectivity index (χ1n) is 8.43. The van der Waals surface area contributed by atoms with Gasteiger partial charge in [-0.3, -0.25) is 9.59 Å². The van der Waals surface area contributed by atoms with Gasteiger partial charge in [0.2, 0.25) is 5.91 Å². The summed E-state index contributed by atoms with van der Waals surface area (Å²) < 4.78 is 7.19. The largest absolute Gasteiger partial charge is 0.378 e. The van der Waals surface area contributed by atoms with Crippen LogP contribution in [0.3, 0.4) is 0 Å². The minimum absolute atomic E-state index is 0.0367. The number of carbonyl (C=O) groups excluding carboxylic acids is 1. The molecule has 1 aliphatic heterocycles. The highest BCUT2D eigenvalue weighted by atomic mass is 16.5. The molecule has 6 heteroatoms. The van der Waals surface area contributed by atoms with E-state index in [1.807, 2.05) is 42.7 Å². The third-order valence-electron chi connectivity index (χ3n) is 4.38. The monoisotopic (exact) mass is 341 g/mol. The number of rotatable bonds is 4. The molecular formula is C19H23N3O3. The van der Waals surface area contributed by atoms with Crippen molar-refractivity contribution in [1.82, 2.24) is 4.57 Å². The van der Waals surface area contributed by atoms with Crippen LogP contribution >= 0.6 is 0 Å². The van der Waals surface area contributed by atoms with Crippen LogP contribution in [0.5, 0.6) is 0 Å². The second kappa shape index (κ2) is 7.53. The molecule has 1 amide bonds. The van der Waals surface area contributed by atoms with Crippen molar-refractivity contribution >= 4 is 17.3 Å². The van der Waals surface area contributed by atoms with Crippen LogP contribution in [-0.4, -0.2) is 36.8 Å². The van der Waals surface area contributed by atoms with E-state index < -0.39 is 0 Å². The van der Waals surface area contributed by atoms with Crippen LogP contribution in [0.4, 0.5) is 11.4 Å². The molecule has 0 atom stereocenters.